The first-order chi connectivity index (χ1) is 14.5. The molecule has 0 unspecified atom stereocenters. The number of unbranched alkanes of at least 4 members (excludes halogenated alkanes) is 3. The molecule has 8 heteroatoms. The van der Waals surface area contributed by atoms with Crippen molar-refractivity contribution < 1.29 is 19.2 Å². The van der Waals surface area contributed by atoms with Crippen LogP contribution in [0.25, 0.3) is 0 Å². The van der Waals surface area contributed by atoms with Crippen LogP contribution in [0.3, 0.4) is 0 Å². The van der Waals surface area contributed by atoms with Crippen LogP contribution in [0.5, 0.6) is 11.5 Å². The van der Waals surface area contributed by atoms with E-state index in [1.807, 2.05) is 19.1 Å². The highest BCUT2D eigenvalue weighted by Gasteiger charge is 2.22. The first-order valence-corrected chi connectivity index (χ1v) is 9.85. The lowest BCUT2D eigenvalue weighted by Crippen LogP contribution is -2.17. The molecule has 0 fully saturated rings. The number of hydrazone groups is 1. The summed E-state index contributed by atoms with van der Waals surface area (Å²) in [7, 11) is 1.42. The van der Waals surface area contributed by atoms with Crippen LogP contribution in [0.1, 0.15) is 54.1 Å². The summed E-state index contributed by atoms with van der Waals surface area (Å²) in [5.41, 5.74) is 4.11. The lowest BCUT2D eigenvalue weighted by molar-refractivity contribution is -0.386. The minimum atomic E-state index is -0.522. The number of nitro benzene ring substituents is 1. The van der Waals surface area contributed by atoms with E-state index in [9.17, 15) is 14.9 Å². The molecular formula is C22H27N3O5. The number of methoxy groups -OCH3 is 1. The zero-order chi connectivity index (χ0) is 21.9. The van der Waals surface area contributed by atoms with Crippen molar-refractivity contribution in [2.24, 2.45) is 5.10 Å². The van der Waals surface area contributed by atoms with Gasteiger partial charge in [0.1, 0.15) is 0 Å². The van der Waals surface area contributed by atoms with Crippen LogP contribution in [-0.4, -0.2) is 30.8 Å². The Morgan fingerprint density at radius 3 is 2.57 bits per heavy atom. The largest absolute Gasteiger partial charge is 0.493 e. The highest BCUT2D eigenvalue weighted by atomic mass is 16.6. The Kier molecular flexibility index (Phi) is 8.80. The molecule has 0 radical (unpaired) electrons. The van der Waals surface area contributed by atoms with E-state index in [4.69, 9.17) is 9.47 Å². The van der Waals surface area contributed by atoms with Gasteiger partial charge in [0.15, 0.2) is 5.75 Å². The molecule has 30 heavy (non-hydrogen) atoms. The minimum Gasteiger partial charge on any atom is -0.493 e. The second kappa shape index (κ2) is 11.5. The number of ether oxygens (including phenoxy) is 2. The van der Waals surface area contributed by atoms with Gasteiger partial charge in [-0.15, -0.1) is 0 Å². The van der Waals surface area contributed by atoms with Crippen molar-refractivity contribution >= 4 is 17.8 Å². The van der Waals surface area contributed by atoms with E-state index in [-0.39, 0.29) is 23.1 Å². The highest BCUT2D eigenvalue weighted by molar-refractivity contribution is 5.95. The van der Waals surface area contributed by atoms with Gasteiger partial charge in [0.05, 0.1) is 24.9 Å². The summed E-state index contributed by atoms with van der Waals surface area (Å²) in [5.74, 6) is -0.0365. The average Bonchev–Trinajstić information content (AvgIpc) is 2.74. The van der Waals surface area contributed by atoms with Crippen LogP contribution in [-0.2, 0) is 0 Å². The molecule has 0 spiro atoms. The second-order valence-corrected chi connectivity index (χ2v) is 6.80. The quantitative estimate of drug-likeness (QED) is 0.250. The fraction of sp³-hybridized carbons (Fsp3) is 0.364. The van der Waals surface area contributed by atoms with E-state index in [0.29, 0.717) is 17.7 Å². The maximum Gasteiger partial charge on any atom is 0.315 e. The monoisotopic (exact) mass is 413 g/mol. The van der Waals surface area contributed by atoms with Crippen molar-refractivity contribution in [2.75, 3.05) is 13.7 Å². The van der Waals surface area contributed by atoms with Gasteiger partial charge in [-0.25, -0.2) is 5.43 Å². The maximum atomic E-state index is 12.1. The molecule has 2 aromatic rings. The number of nitrogens with zero attached hydrogens (tertiary/aromatic N) is 2. The summed E-state index contributed by atoms with van der Waals surface area (Å²) in [4.78, 5) is 23.1. The smallest absolute Gasteiger partial charge is 0.315 e. The zero-order valence-corrected chi connectivity index (χ0v) is 17.5. The van der Waals surface area contributed by atoms with Crippen LogP contribution in [0.2, 0.25) is 0 Å². The number of carbonyl (C=O) groups excluding carboxylic acids is 1. The molecule has 8 nitrogen and oxygen atoms in total. The average molecular weight is 413 g/mol. The van der Waals surface area contributed by atoms with Crippen molar-refractivity contribution in [2.45, 2.75) is 39.5 Å². The second-order valence-electron chi connectivity index (χ2n) is 6.80. The van der Waals surface area contributed by atoms with Gasteiger partial charge in [0, 0.05) is 17.2 Å². The third-order valence-electron chi connectivity index (χ3n) is 4.41. The zero-order valence-electron chi connectivity index (χ0n) is 17.5. The van der Waals surface area contributed by atoms with Gasteiger partial charge < -0.3 is 9.47 Å². The van der Waals surface area contributed by atoms with Gasteiger partial charge in [-0.05, 0) is 31.5 Å². The first-order valence-electron chi connectivity index (χ1n) is 9.85. The molecule has 0 bridgehead atoms. The molecule has 0 atom stereocenters. The van der Waals surface area contributed by atoms with Crippen molar-refractivity contribution in [3.8, 4) is 11.5 Å². The van der Waals surface area contributed by atoms with Crippen molar-refractivity contribution in [1.29, 1.82) is 0 Å². The predicted octanol–water partition coefficient (Wildman–Crippen LogP) is 4.63. The van der Waals surface area contributed by atoms with Crippen LogP contribution in [0.4, 0.5) is 5.69 Å². The third-order valence-corrected chi connectivity index (χ3v) is 4.41. The van der Waals surface area contributed by atoms with Crippen LogP contribution in [0.15, 0.2) is 41.5 Å². The Morgan fingerprint density at radius 2 is 1.93 bits per heavy atom. The minimum absolute atomic E-state index is 0.0971. The summed E-state index contributed by atoms with van der Waals surface area (Å²) >= 11 is 0. The molecule has 1 N–H and O–H groups in total. The first kappa shape index (κ1) is 22.9. The number of carbonyl (C=O) groups is 1. The van der Waals surface area contributed by atoms with E-state index >= 15 is 0 Å². The number of nitro groups is 1. The molecule has 1 amide bonds. The fourth-order valence-corrected chi connectivity index (χ4v) is 2.75. The van der Waals surface area contributed by atoms with Crippen LogP contribution >= 0.6 is 0 Å². The Hall–Kier alpha value is -3.42. The molecule has 0 aliphatic rings. The van der Waals surface area contributed by atoms with Gasteiger partial charge in [0.25, 0.3) is 5.91 Å². The van der Waals surface area contributed by atoms with E-state index in [2.05, 4.69) is 17.5 Å². The number of nitrogens with one attached hydrogen (secondary N) is 1. The van der Waals surface area contributed by atoms with E-state index in [0.717, 1.165) is 31.2 Å². The van der Waals surface area contributed by atoms with Crippen molar-refractivity contribution in [3.05, 3.63) is 63.2 Å². The molecule has 0 aliphatic heterocycles. The van der Waals surface area contributed by atoms with Gasteiger partial charge in [-0.2, -0.15) is 5.10 Å². The lowest BCUT2D eigenvalue weighted by Gasteiger charge is -2.12. The number of amides is 1. The number of benzene rings is 2. The summed E-state index contributed by atoms with van der Waals surface area (Å²) in [6, 6.07) is 9.96. The molecule has 2 aromatic carbocycles. The molecule has 0 aliphatic carbocycles. The predicted molar refractivity (Wildman–Crippen MR) is 116 cm³/mol. The standard InChI is InChI=1S/C22H27N3O5/c1-4-5-6-7-12-30-21-19(25(27)28)13-17(14-20(21)29-3)15-23-24-22(26)18-10-8-16(2)9-11-18/h8-11,13-15H,4-7,12H2,1-3H3,(H,24,26)/b23-15-. The van der Waals surface area contributed by atoms with Crippen molar-refractivity contribution in [1.82, 2.24) is 5.43 Å². The van der Waals surface area contributed by atoms with Crippen LogP contribution < -0.4 is 14.9 Å². The third kappa shape index (κ3) is 6.58. The topological polar surface area (TPSA) is 103 Å². The number of rotatable bonds is 11. The fourth-order valence-electron chi connectivity index (χ4n) is 2.75. The Labute approximate surface area is 176 Å². The lowest BCUT2D eigenvalue weighted by atomic mass is 10.1. The molecular weight excluding hydrogens is 386 g/mol. The summed E-state index contributed by atoms with van der Waals surface area (Å²) < 4.78 is 10.9. The molecule has 0 saturated carbocycles. The van der Waals surface area contributed by atoms with E-state index < -0.39 is 4.92 Å². The van der Waals surface area contributed by atoms with Crippen LogP contribution in [0, 0.1) is 17.0 Å². The number of aryl methyl sites for hydroxylation is 1. The Bertz CT molecular complexity index is 894. The normalized spacial score (nSPS) is 10.8. The Morgan fingerprint density at radius 1 is 1.20 bits per heavy atom. The molecule has 0 aromatic heterocycles. The Balaban J connectivity index is 2.13. The number of hydrogen-bond acceptors (Lipinski definition) is 6. The molecule has 0 heterocycles. The molecule has 0 saturated heterocycles. The highest BCUT2D eigenvalue weighted by Crippen LogP contribution is 2.38. The number of hydrogen-bond donors (Lipinski definition) is 1. The summed E-state index contributed by atoms with van der Waals surface area (Å²) in [6.07, 6.45) is 5.32. The van der Waals surface area contributed by atoms with Gasteiger partial charge in [-0.1, -0.05) is 43.9 Å². The summed E-state index contributed by atoms with van der Waals surface area (Å²) in [6.45, 7) is 4.41. The SMILES string of the molecule is CCCCCCOc1c(OC)cc(/C=N\NC(=O)c2ccc(C)cc2)cc1[N+](=O)[O-]. The van der Waals surface area contributed by atoms with E-state index in [1.54, 1.807) is 18.2 Å². The van der Waals surface area contributed by atoms with Gasteiger partial charge in [0.2, 0.25) is 5.75 Å². The molecule has 2 rings (SSSR count). The van der Waals surface area contributed by atoms with Crippen molar-refractivity contribution in [3.63, 3.8) is 0 Å². The summed E-state index contributed by atoms with van der Waals surface area (Å²) in [5, 5.41) is 15.4. The molecule has 160 valence electrons. The van der Waals surface area contributed by atoms with Gasteiger partial charge in [-0.3, -0.25) is 14.9 Å². The van der Waals surface area contributed by atoms with Gasteiger partial charge >= 0.3 is 5.69 Å². The maximum absolute atomic E-state index is 12.1. The van der Waals surface area contributed by atoms with E-state index in [1.165, 1.54) is 19.4 Å².